The maximum Gasteiger partial charge on any atom is 0.244 e. The van der Waals surface area contributed by atoms with Gasteiger partial charge in [0.2, 0.25) is 5.91 Å². The number of ether oxygens (including phenoxy) is 1. The molecule has 0 saturated carbocycles. The molecule has 1 aromatic carbocycles. The summed E-state index contributed by atoms with van der Waals surface area (Å²) < 4.78 is 5.71. The molecule has 0 radical (unpaired) electrons. The first kappa shape index (κ1) is 16.4. The predicted octanol–water partition coefficient (Wildman–Crippen LogP) is 2.07. The average molecular weight is 326 g/mol. The Hall–Kier alpha value is -2.47. The van der Waals surface area contributed by atoms with Crippen LogP contribution >= 0.6 is 0 Å². The van der Waals surface area contributed by atoms with Crippen LogP contribution in [0.15, 0.2) is 36.8 Å². The van der Waals surface area contributed by atoms with Gasteiger partial charge < -0.3 is 9.64 Å². The molecule has 1 aliphatic heterocycles. The molecule has 6 heteroatoms. The molecule has 0 fully saturated rings. The summed E-state index contributed by atoms with van der Waals surface area (Å²) in [5, 5.41) is 3.21. The van der Waals surface area contributed by atoms with Crippen molar-refractivity contribution in [1.29, 1.82) is 0 Å². The summed E-state index contributed by atoms with van der Waals surface area (Å²) in [5.74, 6) is 0.833. The molecule has 6 nitrogen and oxygen atoms in total. The molecular weight excluding hydrogens is 304 g/mol. The highest BCUT2D eigenvalue weighted by Gasteiger charge is 2.31. The molecule has 1 unspecified atom stereocenters. The van der Waals surface area contributed by atoms with E-state index < -0.39 is 0 Å². The average Bonchev–Trinajstić information content (AvgIpc) is 2.97. The number of carbonyl (C=O) groups is 1. The van der Waals surface area contributed by atoms with Gasteiger partial charge in [-0.15, -0.1) is 0 Å². The third-order valence-electron chi connectivity index (χ3n) is 3.92. The van der Waals surface area contributed by atoms with Crippen molar-refractivity contribution in [1.82, 2.24) is 20.2 Å². The van der Waals surface area contributed by atoms with Gasteiger partial charge >= 0.3 is 0 Å². The Bertz CT molecular complexity index is 732. The Labute approximate surface area is 141 Å². The lowest BCUT2D eigenvalue weighted by Crippen LogP contribution is -2.35. The fraction of sp³-hybridized carbons (Fsp3) is 0.389. The van der Waals surface area contributed by atoms with E-state index in [9.17, 15) is 4.79 Å². The lowest BCUT2D eigenvalue weighted by atomic mass is 10.1. The minimum Gasteiger partial charge on any atom is -0.491 e. The second kappa shape index (κ2) is 6.97. The van der Waals surface area contributed by atoms with Crippen molar-refractivity contribution >= 4 is 5.91 Å². The van der Waals surface area contributed by atoms with Crippen LogP contribution in [0.5, 0.6) is 5.75 Å². The van der Waals surface area contributed by atoms with Crippen molar-refractivity contribution in [3.8, 4) is 5.75 Å². The Morgan fingerprint density at radius 2 is 2.29 bits per heavy atom. The minimum atomic E-state index is -0.374. The standard InChI is InChI=1S/C18H22N4O2/c1-12(2)24-14-6-4-5-13(7-14)10-22(3)18(23)17-15-8-19-11-21-16(15)9-20-17/h4-8,11-12,17,20H,9-10H2,1-3H3. The summed E-state index contributed by atoms with van der Waals surface area (Å²) in [4.78, 5) is 22.7. The highest BCUT2D eigenvalue weighted by atomic mass is 16.5. The van der Waals surface area contributed by atoms with Gasteiger partial charge in [0, 0.05) is 31.9 Å². The summed E-state index contributed by atoms with van der Waals surface area (Å²) in [6.07, 6.45) is 3.35. The molecule has 3 rings (SSSR count). The van der Waals surface area contributed by atoms with Crippen LogP contribution in [0.2, 0.25) is 0 Å². The zero-order valence-corrected chi connectivity index (χ0v) is 14.2. The normalized spacial score (nSPS) is 16.1. The first-order chi connectivity index (χ1) is 11.5. The number of hydrogen-bond acceptors (Lipinski definition) is 5. The molecule has 2 heterocycles. The third kappa shape index (κ3) is 3.54. The summed E-state index contributed by atoms with van der Waals surface area (Å²) in [5.41, 5.74) is 2.79. The fourth-order valence-corrected chi connectivity index (χ4v) is 2.85. The first-order valence-corrected chi connectivity index (χ1v) is 8.07. The third-order valence-corrected chi connectivity index (χ3v) is 3.92. The number of rotatable bonds is 5. The molecular formula is C18H22N4O2. The second-order valence-electron chi connectivity index (χ2n) is 6.25. The molecule has 0 bridgehead atoms. The van der Waals surface area contributed by atoms with Crippen molar-refractivity contribution in [2.24, 2.45) is 0 Å². The second-order valence-corrected chi connectivity index (χ2v) is 6.25. The molecule has 0 saturated heterocycles. The van der Waals surface area contributed by atoms with E-state index in [1.165, 1.54) is 6.33 Å². The number of likely N-dealkylation sites (N-methyl/N-ethyl adjacent to an activating group) is 1. The van der Waals surface area contributed by atoms with E-state index in [1.54, 1.807) is 11.1 Å². The lowest BCUT2D eigenvalue weighted by Gasteiger charge is -2.22. The van der Waals surface area contributed by atoms with Crippen molar-refractivity contribution in [3.05, 3.63) is 53.6 Å². The van der Waals surface area contributed by atoms with Gasteiger partial charge in [0.1, 0.15) is 18.1 Å². The van der Waals surface area contributed by atoms with Crippen molar-refractivity contribution in [3.63, 3.8) is 0 Å². The smallest absolute Gasteiger partial charge is 0.244 e. The van der Waals surface area contributed by atoms with E-state index in [0.29, 0.717) is 13.1 Å². The molecule has 0 spiro atoms. The minimum absolute atomic E-state index is 0.0127. The number of amides is 1. The summed E-state index contributed by atoms with van der Waals surface area (Å²) in [6, 6.07) is 7.47. The van der Waals surface area contributed by atoms with Crippen LogP contribution in [0.25, 0.3) is 0 Å². The molecule has 24 heavy (non-hydrogen) atoms. The van der Waals surface area contributed by atoms with Crippen LogP contribution < -0.4 is 10.1 Å². The molecule has 1 atom stereocenters. The number of aromatic nitrogens is 2. The van der Waals surface area contributed by atoms with E-state index in [4.69, 9.17) is 4.74 Å². The van der Waals surface area contributed by atoms with Gasteiger partial charge in [0.25, 0.3) is 0 Å². The van der Waals surface area contributed by atoms with Gasteiger partial charge in [0.15, 0.2) is 0 Å². The van der Waals surface area contributed by atoms with Gasteiger partial charge in [-0.1, -0.05) is 12.1 Å². The Balaban J connectivity index is 1.69. The summed E-state index contributed by atoms with van der Waals surface area (Å²) in [7, 11) is 1.81. The van der Waals surface area contributed by atoms with Gasteiger partial charge in [-0.2, -0.15) is 0 Å². The van der Waals surface area contributed by atoms with Crippen LogP contribution in [-0.2, 0) is 17.9 Å². The van der Waals surface area contributed by atoms with Crippen LogP contribution in [0.4, 0.5) is 0 Å². The topological polar surface area (TPSA) is 67.3 Å². The summed E-state index contributed by atoms with van der Waals surface area (Å²) >= 11 is 0. The number of benzene rings is 1. The van der Waals surface area contributed by atoms with Gasteiger partial charge in [-0.25, -0.2) is 9.97 Å². The number of fused-ring (bicyclic) bond motifs is 1. The highest BCUT2D eigenvalue weighted by Crippen LogP contribution is 2.25. The lowest BCUT2D eigenvalue weighted by molar-refractivity contribution is -0.132. The number of nitrogens with zero attached hydrogens (tertiary/aromatic N) is 3. The van der Waals surface area contributed by atoms with E-state index in [2.05, 4.69) is 15.3 Å². The maximum atomic E-state index is 12.8. The number of carbonyl (C=O) groups excluding carboxylic acids is 1. The quantitative estimate of drug-likeness (QED) is 0.911. The zero-order valence-electron chi connectivity index (χ0n) is 14.2. The zero-order chi connectivity index (χ0) is 17.1. The molecule has 1 N–H and O–H groups in total. The fourth-order valence-electron chi connectivity index (χ4n) is 2.85. The van der Waals surface area contributed by atoms with Crippen LogP contribution in [0, 0.1) is 0 Å². The van der Waals surface area contributed by atoms with Gasteiger partial charge in [-0.05, 0) is 31.5 Å². The maximum absolute atomic E-state index is 12.8. The van der Waals surface area contributed by atoms with Crippen molar-refractivity contribution < 1.29 is 9.53 Å². The van der Waals surface area contributed by atoms with Crippen LogP contribution in [0.3, 0.4) is 0 Å². The van der Waals surface area contributed by atoms with Crippen molar-refractivity contribution in [2.75, 3.05) is 7.05 Å². The van der Waals surface area contributed by atoms with E-state index in [0.717, 1.165) is 22.6 Å². The monoisotopic (exact) mass is 326 g/mol. The molecule has 1 amide bonds. The predicted molar refractivity (Wildman–Crippen MR) is 90.3 cm³/mol. The Morgan fingerprint density at radius 3 is 3.08 bits per heavy atom. The SMILES string of the molecule is CC(C)Oc1cccc(CN(C)C(=O)C2NCc3ncncc32)c1. The van der Waals surface area contributed by atoms with E-state index >= 15 is 0 Å². The molecule has 1 aliphatic rings. The molecule has 1 aromatic heterocycles. The number of hydrogen-bond donors (Lipinski definition) is 1. The number of nitrogens with one attached hydrogen (secondary N) is 1. The molecule has 126 valence electrons. The highest BCUT2D eigenvalue weighted by molar-refractivity contribution is 5.84. The van der Waals surface area contributed by atoms with Gasteiger partial charge in [0.05, 0.1) is 11.8 Å². The Kier molecular flexibility index (Phi) is 4.76. The first-order valence-electron chi connectivity index (χ1n) is 8.07. The Morgan fingerprint density at radius 1 is 1.46 bits per heavy atom. The van der Waals surface area contributed by atoms with E-state index in [1.807, 2.05) is 45.2 Å². The molecule has 0 aliphatic carbocycles. The van der Waals surface area contributed by atoms with Crippen LogP contribution in [0.1, 0.15) is 36.7 Å². The van der Waals surface area contributed by atoms with Crippen molar-refractivity contribution in [2.45, 2.75) is 39.1 Å². The van der Waals surface area contributed by atoms with Crippen LogP contribution in [-0.4, -0.2) is 33.9 Å². The van der Waals surface area contributed by atoms with E-state index in [-0.39, 0.29) is 18.1 Å². The van der Waals surface area contributed by atoms with Gasteiger partial charge in [-0.3, -0.25) is 10.1 Å². The summed E-state index contributed by atoms with van der Waals surface area (Å²) in [6.45, 7) is 5.11. The molecule has 2 aromatic rings. The largest absolute Gasteiger partial charge is 0.491 e.